The first-order chi connectivity index (χ1) is 14.0. The Hall–Kier alpha value is -3.95. The number of primary amides is 1. The number of fused-ring (bicyclic) bond motifs is 1. The number of carbonyl (C=O) groups excluding carboxylic acids is 1. The maximum absolute atomic E-state index is 11.8. The van der Waals surface area contributed by atoms with Crippen molar-refractivity contribution in [3.8, 4) is 17.5 Å². The first kappa shape index (κ1) is 18.4. The molecule has 4 rings (SSSR count). The van der Waals surface area contributed by atoms with Crippen LogP contribution in [0.4, 0.5) is 0 Å². The van der Waals surface area contributed by atoms with Crippen molar-refractivity contribution in [2.45, 2.75) is 12.5 Å². The first-order valence-electron chi connectivity index (χ1n) is 9.01. The lowest BCUT2D eigenvalue weighted by molar-refractivity contribution is 0.0996. The summed E-state index contributed by atoms with van der Waals surface area (Å²) in [7, 11) is 0. The minimum absolute atomic E-state index is 0.218. The second-order valence-electron chi connectivity index (χ2n) is 6.73. The third kappa shape index (κ3) is 3.59. The highest BCUT2D eigenvalue weighted by Gasteiger charge is 2.21. The van der Waals surface area contributed by atoms with Gasteiger partial charge < -0.3 is 10.8 Å². The van der Waals surface area contributed by atoms with E-state index in [1.54, 1.807) is 36.0 Å². The summed E-state index contributed by atoms with van der Waals surface area (Å²) < 4.78 is 1.66. The number of nitrogens with zero attached hydrogens (tertiary/aromatic N) is 3. The third-order valence-electron chi connectivity index (χ3n) is 4.53. The molecule has 1 atom stereocenters. The van der Waals surface area contributed by atoms with Crippen LogP contribution in [-0.2, 0) is 5.60 Å². The van der Waals surface area contributed by atoms with Gasteiger partial charge in [-0.2, -0.15) is 5.10 Å². The Kier molecular flexibility index (Phi) is 4.59. The van der Waals surface area contributed by atoms with Gasteiger partial charge in [-0.15, -0.1) is 0 Å². The first-order valence-corrected chi connectivity index (χ1v) is 9.01. The lowest BCUT2D eigenvalue weighted by Crippen LogP contribution is -2.19. The fourth-order valence-electron chi connectivity index (χ4n) is 3.07. The van der Waals surface area contributed by atoms with Crippen LogP contribution in [0.15, 0.2) is 72.9 Å². The summed E-state index contributed by atoms with van der Waals surface area (Å²) in [5.74, 6) is 5.29. The Balaban J connectivity index is 1.75. The second kappa shape index (κ2) is 7.23. The van der Waals surface area contributed by atoms with Gasteiger partial charge in [0.25, 0.3) is 5.91 Å². The molecule has 2 aromatic carbocycles. The Morgan fingerprint density at radius 3 is 2.66 bits per heavy atom. The van der Waals surface area contributed by atoms with Crippen molar-refractivity contribution >= 4 is 16.8 Å². The summed E-state index contributed by atoms with van der Waals surface area (Å²) in [4.78, 5) is 15.9. The predicted octanol–water partition coefficient (Wildman–Crippen LogP) is 2.78. The van der Waals surface area contributed by atoms with E-state index in [1.807, 2.05) is 48.5 Å². The van der Waals surface area contributed by atoms with E-state index in [0.29, 0.717) is 16.6 Å². The van der Waals surface area contributed by atoms with Crippen molar-refractivity contribution in [1.29, 1.82) is 0 Å². The summed E-state index contributed by atoms with van der Waals surface area (Å²) in [5, 5.41) is 15.7. The molecule has 2 heterocycles. The van der Waals surface area contributed by atoms with Crippen LogP contribution in [0.5, 0.6) is 0 Å². The van der Waals surface area contributed by atoms with E-state index >= 15 is 0 Å². The zero-order chi connectivity index (χ0) is 20.4. The van der Waals surface area contributed by atoms with Gasteiger partial charge in [0.05, 0.1) is 16.9 Å². The van der Waals surface area contributed by atoms with Crippen LogP contribution in [-0.4, -0.2) is 25.8 Å². The number of amides is 1. The van der Waals surface area contributed by atoms with Crippen molar-refractivity contribution in [1.82, 2.24) is 14.8 Å². The fraction of sp³-hybridized carbons (Fsp3) is 0.0870. The highest BCUT2D eigenvalue weighted by Crippen LogP contribution is 2.22. The Labute approximate surface area is 167 Å². The number of aromatic nitrogens is 3. The number of carbonyl (C=O) groups is 1. The summed E-state index contributed by atoms with van der Waals surface area (Å²) in [6.45, 7) is 1.60. The number of rotatable bonds is 3. The number of hydrogen-bond donors (Lipinski definition) is 2. The van der Waals surface area contributed by atoms with Gasteiger partial charge in [0.1, 0.15) is 0 Å². The average molecular weight is 382 g/mol. The second-order valence-corrected chi connectivity index (χ2v) is 6.73. The number of benzene rings is 2. The number of para-hydroxylation sites is 1. The molecule has 0 aliphatic rings. The molecule has 2 aromatic heterocycles. The molecule has 0 saturated carbocycles. The Bertz CT molecular complexity index is 1260. The van der Waals surface area contributed by atoms with Crippen LogP contribution < -0.4 is 5.73 Å². The van der Waals surface area contributed by atoms with Crippen molar-refractivity contribution in [2.75, 3.05) is 0 Å². The molecule has 0 fully saturated rings. The highest BCUT2D eigenvalue weighted by molar-refractivity contribution is 6.04. The van der Waals surface area contributed by atoms with Gasteiger partial charge in [0, 0.05) is 17.1 Å². The molecule has 3 N–H and O–H groups in total. The van der Waals surface area contributed by atoms with Gasteiger partial charge in [-0.05, 0) is 43.3 Å². The minimum Gasteiger partial charge on any atom is -0.372 e. The van der Waals surface area contributed by atoms with E-state index in [9.17, 15) is 9.90 Å². The monoisotopic (exact) mass is 382 g/mol. The van der Waals surface area contributed by atoms with E-state index in [2.05, 4.69) is 21.9 Å². The molecule has 1 amide bonds. The largest absolute Gasteiger partial charge is 0.372 e. The molecule has 0 saturated heterocycles. The van der Waals surface area contributed by atoms with E-state index < -0.39 is 11.5 Å². The molecule has 6 heteroatoms. The SMILES string of the molecule is C[C@@](O)(C#Cc1cccc(-n2nc(C(N)=O)c3ccccc32)c1)c1ccccn1. The molecule has 0 aliphatic carbocycles. The van der Waals surface area contributed by atoms with Crippen LogP contribution in [0.3, 0.4) is 0 Å². The normalized spacial score (nSPS) is 12.8. The van der Waals surface area contributed by atoms with Gasteiger partial charge >= 0.3 is 0 Å². The van der Waals surface area contributed by atoms with Crippen LogP contribution in [0.2, 0.25) is 0 Å². The van der Waals surface area contributed by atoms with Gasteiger partial charge in [-0.1, -0.05) is 42.2 Å². The Morgan fingerprint density at radius 2 is 1.90 bits per heavy atom. The van der Waals surface area contributed by atoms with Gasteiger partial charge in [-0.25, -0.2) is 4.68 Å². The van der Waals surface area contributed by atoms with Gasteiger partial charge in [0.15, 0.2) is 11.3 Å². The molecule has 0 bridgehead atoms. The van der Waals surface area contributed by atoms with E-state index in [-0.39, 0.29) is 5.69 Å². The predicted molar refractivity (Wildman–Crippen MR) is 110 cm³/mol. The smallest absolute Gasteiger partial charge is 0.269 e. The molecule has 29 heavy (non-hydrogen) atoms. The zero-order valence-electron chi connectivity index (χ0n) is 15.7. The molecular weight excluding hydrogens is 364 g/mol. The number of hydrogen-bond acceptors (Lipinski definition) is 4. The molecule has 0 unspecified atom stereocenters. The van der Waals surface area contributed by atoms with Crippen molar-refractivity contribution in [2.24, 2.45) is 5.73 Å². The molecule has 0 aliphatic heterocycles. The molecule has 6 nitrogen and oxygen atoms in total. The number of pyridine rings is 1. The number of nitrogens with two attached hydrogens (primary N) is 1. The maximum atomic E-state index is 11.8. The zero-order valence-corrected chi connectivity index (χ0v) is 15.7. The van der Waals surface area contributed by atoms with E-state index in [1.165, 1.54) is 0 Å². The summed E-state index contributed by atoms with van der Waals surface area (Å²) >= 11 is 0. The van der Waals surface area contributed by atoms with Gasteiger partial charge in [0.2, 0.25) is 0 Å². The highest BCUT2D eigenvalue weighted by atomic mass is 16.3. The molecular formula is C23H18N4O2. The fourth-order valence-corrected chi connectivity index (χ4v) is 3.07. The van der Waals surface area contributed by atoms with Crippen LogP contribution >= 0.6 is 0 Å². The van der Waals surface area contributed by atoms with Crippen molar-refractivity contribution in [3.63, 3.8) is 0 Å². The number of aliphatic hydroxyl groups is 1. The van der Waals surface area contributed by atoms with Crippen LogP contribution in [0.25, 0.3) is 16.6 Å². The van der Waals surface area contributed by atoms with Gasteiger partial charge in [-0.3, -0.25) is 9.78 Å². The summed E-state index contributed by atoms with van der Waals surface area (Å²) in [6.07, 6.45) is 1.62. The lowest BCUT2D eigenvalue weighted by atomic mass is 10.0. The molecule has 0 radical (unpaired) electrons. The van der Waals surface area contributed by atoms with Crippen LogP contribution in [0, 0.1) is 11.8 Å². The van der Waals surface area contributed by atoms with E-state index in [4.69, 9.17) is 5.73 Å². The molecule has 142 valence electrons. The molecule has 0 spiro atoms. The Morgan fingerprint density at radius 1 is 1.10 bits per heavy atom. The summed E-state index contributed by atoms with van der Waals surface area (Å²) in [5.41, 5.74) is 7.00. The topological polar surface area (TPSA) is 94.0 Å². The van der Waals surface area contributed by atoms with E-state index in [0.717, 1.165) is 11.2 Å². The standard InChI is InChI=1S/C23H18N4O2/c1-23(29,20-11-4-5-14-25-20)13-12-16-7-6-8-17(15-16)27-19-10-3-2-9-18(19)21(26-27)22(24)28/h2-11,14-15,29H,1H3,(H2,24,28)/t23-/m1/s1. The lowest BCUT2D eigenvalue weighted by Gasteiger charge is -2.15. The molecule has 4 aromatic rings. The minimum atomic E-state index is -1.38. The quantitative estimate of drug-likeness (QED) is 0.533. The average Bonchev–Trinajstić information content (AvgIpc) is 3.13. The maximum Gasteiger partial charge on any atom is 0.269 e. The van der Waals surface area contributed by atoms with Crippen molar-refractivity contribution in [3.05, 3.63) is 89.9 Å². The third-order valence-corrected chi connectivity index (χ3v) is 4.53. The summed E-state index contributed by atoms with van der Waals surface area (Å²) in [6, 6.07) is 20.1. The van der Waals surface area contributed by atoms with Crippen molar-refractivity contribution < 1.29 is 9.90 Å². The van der Waals surface area contributed by atoms with Crippen LogP contribution in [0.1, 0.15) is 28.7 Å².